The van der Waals surface area contributed by atoms with Gasteiger partial charge >= 0.3 is 0 Å². The van der Waals surface area contributed by atoms with Gasteiger partial charge in [0.2, 0.25) is 5.91 Å². The maximum atomic E-state index is 11.1. The number of nitrogens with one attached hydrogen (secondary N) is 1. The van der Waals surface area contributed by atoms with Crippen LogP contribution in [0.1, 0.15) is 32.1 Å². The highest BCUT2D eigenvalue weighted by molar-refractivity contribution is 5.76. The number of rotatable bonds is 1. The molecule has 3 heteroatoms. The minimum absolute atomic E-state index is 0.0917. The smallest absolute Gasteiger partial charge is 0.220 e. The van der Waals surface area contributed by atoms with Crippen LogP contribution in [0.3, 0.4) is 0 Å². The van der Waals surface area contributed by atoms with E-state index in [-0.39, 0.29) is 11.8 Å². The summed E-state index contributed by atoms with van der Waals surface area (Å²) in [5, 5.41) is 3.39. The van der Waals surface area contributed by atoms with Crippen molar-refractivity contribution in [2.45, 2.75) is 32.1 Å². The fourth-order valence-corrected chi connectivity index (χ4v) is 2.88. The summed E-state index contributed by atoms with van der Waals surface area (Å²) in [5.41, 5.74) is 5.77. The predicted octanol–water partition coefficient (Wildman–Crippen LogP) is 0.642. The Kier molecular flexibility index (Phi) is 2.28. The first kappa shape index (κ1) is 9.00. The number of amides is 1. The van der Waals surface area contributed by atoms with Crippen LogP contribution in [-0.2, 0) is 4.79 Å². The van der Waals surface area contributed by atoms with Crippen molar-refractivity contribution in [3.8, 4) is 0 Å². The number of carbonyl (C=O) groups excluding carboxylic acids is 1. The Morgan fingerprint density at radius 2 is 2.31 bits per heavy atom. The van der Waals surface area contributed by atoms with Crippen molar-refractivity contribution in [3.63, 3.8) is 0 Å². The first-order chi connectivity index (χ1) is 6.22. The molecule has 1 spiro atoms. The molecule has 74 valence electrons. The lowest BCUT2D eigenvalue weighted by molar-refractivity contribution is -0.124. The lowest BCUT2D eigenvalue weighted by atomic mass is 9.69. The van der Waals surface area contributed by atoms with Crippen LogP contribution >= 0.6 is 0 Å². The van der Waals surface area contributed by atoms with Gasteiger partial charge in [0, 0.05) is 12.5 Å². The van der Waals surface area contributed by atoms with E-state index in [4.69, 9.17) is 5.73 Å². The van der Waals surface area contributed by atoms with Gasteiger partial charge in [0.25, 0.3) is 0 Å². The lowest BCUT2D eigenvalue weighted by Gasteiger charge is -2.36. The van der Waals surface area contributed by atoms with Gasteiger partial charge in [-0.3, -0.25) is 4.79 Å². The van der Waals surface area contributed by atoms with Crippen molar-refractivity contribution in [2.24, 2.45) is 17.1 Å². The molecule has 2 fully saturated rings. The Labute approximate surface area is 79.1 Å². The van der Waals surface area contributed by atoms with Crippen LogP contribution in [0.15, 0.2) is 0 Å². The maximum Gasteiger partial charge on any atom is 0.220 e. The zero-order valence-corrected chi connectivity index (χ0v) is 8.01. The Balaban J connectivity index is 2.02. The van der Waals surface area contributed by atoms with E-state index in [2.05, 4.69) is 5.32 Å². The Bertz CT molecular complexity index is 209. The van der Waals surface area contributed by atoms with Gasteiger partial charge in [0.05, 0.1) is 0 Å². The summed E-state index contributed by atoms with van der Waals surface area (Å²) in [4.78, 5) is 11.1. The van der Waals surface area contributed by atoms with E-state index < -0.39 is 0 Å². The number of primary amides is 1. The third kappa shape index (κ3) is 1.70. The Hall–Kier alpha value is -0.570. The van der Waals surface area contributed by atoms with Crippen LogP contribution < -0.4 is 11.1 Å². The van der Waals surface area contributed by atoms with Crippen LogP contribution in [-0.4, -0.2) is 19.0 Å². The molecule has 3 N–H and O–H groups in total. The van der Waals surface area contributed by atoms with Gasteiger partial charge in [0.1, 0.15) is 0 Å². The third-order valence-corrected chi connectivity index (χ3v) is 3.67. The molecule has 13 heavy (non-hydrogen) atoms. The zero-order valence-electron chi connectivity index (χ0n) is 8.01. The summed E-state index contributed by atoms with van der Waals surface area (Å²) in [6, 6.07) is 0. The fraction of sp³-hybridized carbons (Fsp3) is 0.900. The second kappa shape index (κ2) is 3.29. The molecule has 2 unspecified atom stereocenters. The molecule has 1 aliphatic heterocycles. The molecule has 1 heterocycles. The molecule has 2 aliphatic rings. The van der Waals surface area contributed by atoms with Crippen molar-refractivity contribution in [2.75, 3.05) is 13.1 Å². The van der Waals surface area contributed by atoms with Crippen LogP contribution in [0.4, 0.5) is 0 Å². The fourth-order valence-electron chi connectivity index (χ4n) is 2.88. The number of hydrogen-bond acceptors (Lipinski definition) is 2. The van der Waals surface area contributed by atoms with E-state index in [1.807, 2.05) is 0 Å². The highest BCUT2D eigenvalue weighted by atomic mass is 16.1. The Morgan fingerprint density at radius 3 is 2.92 bits per heavy atom. The predicted molar refractivity (Wildman–Crippen MR) is 51.1 cm³/mol. The first-order valence-electron chi connectivity index (χ1n) is 5.22. The van der Waals surface area contributed by atoms with Gasteiger partial charge in [-0.2, -0.15) is 0 Å². The number of carbonyl (C=O) groups is 1. The van der Waals surface area contributed by atoms with Crippen LogP contribution in [0, 0.1) is 11.3 Å². The van der Waals surface area contributed by atoms with Crippen LogP contribution in [0.2, 0.25) is 0 Å². The van der Waals surface area contributed by atoms with E-state index in [0.717, 1.165) is 25.9 Å². The summed E-state index contributed by atoms with van der Waals surface area (Å²) in [6.45, 7) is 2.21. The first-order valence-corrected chi connectivity index (χ1v) is 5.22. The average Bonchev–Trinajstić information content (AvgIpc) is 2.53. The maximum absolute atomic E-state index is 11.1. The van der Waals surface area contributed by atoms with Gasteiger partial charge in [0.15, 0.2) is 0 Å². The molecule has 1 amide bonds. The monoisotopic (exact) mass is 182 g/mol. The molecule has 2 atom stereocenters. The van der Waals surface area contributed by atoms with E-state index in [0.29, 0.717) is 5.41 Å². The van der Waals surface area contributed by atoms with Crippen molar-refractivity contribution >= 4 is 5.91 Å². The van der Waals surface area contributed by atoms with Gasteiger partial charge in [-0.05, 0) is 37.6 Å². The standard InChI is InChI=1S/C10H18N2O/c11-9(13)8-2-1-3-10(6-8)4-5-12-7-10/h8,12H,1-7H2,(H2,11,13). The molecule has 0 radical (unpaired) electrons. The molecule has 1 aliphatic carbocycles. The number of nitrogens with two attached hydrogens (primary N) is 1. The number of hydrogen-bond donors (Lipinski definition) is 2. The summed E-state index contributed by atoms with van der Waals surface area (Å²) in [6.07, 6.45) is 5.72. The topological polar surface area (TPSA) is 55.1 Å². The third-order valence-electron chi connectivity index (χ3n) is 3.67. The molecule has 0 bridgehead atoms. The molecule has 2 rings (SSSR count). The summed E-state index contributed by atoms with van der Waals surface area (Å²) in [7, 11) is 0. The molecule has 3 nitrogen and oxygen atoms in total. The minimum Gasteiger partial charge on any atom is -0.369 e. The molecular weight excluding hydrogens is 164 g/mol. The average molecular weight is 182 g/mol. The molecule has 0 aromatic rings. The van der Waals surface area contributed by atoms with Gasteiger partial charge in [-0.15, -0.1) is 0 Å². The zero-order chi connectivity index (χ0) is 9.31. The van der Waals surface area contributed by atoms with Crippen LogP contribution in [0.5, 0.6) is 0 Å². The molecule has 0 aromatic heterocycles. The highest BCUT2D eigenvalue weighted by Crippen LogP contribution is 2.43. The highest BCUT2D eigenvalue weighted by Gasteiger charge is 2.39. The van der Waals surface area contributed by atoms with Crippen LogP contribution in [0.25, 0.3) is 0 Å². The molecule has 0 aromatic carbocycles. The SMILES string of the molecule is NC(=O)C1CCCC2(CCNC2)C1. The van der Waals surface area contributed by atoms with Gasteiger partial charge in [-0.1, -0.05) is 6.42 Å². The lowest BCUT2D eigenvalue weighted by Crippen LogP contribution is -2.36. The van der Waals surface area contributed by atoms with E-state index >= 15 is 0 Å². The van der Waals surface area contributed by atoms with Gasteiger partial charge in [-0.25, -0.2) is 0 Å². The largest absolute Gasteiger partial charge is 0.369 e. The van der Waals surface area contributed by atoms with Crippen molar-refractivity contribution < 1.29 is 4.79 Å². The molecule has 1 saturated carbocycles. The van der Waals surface area contributed by atoms with Crippen molar-refractivity contribution in [3.05, 3.63) is 0 Å². The van der Waals surface area contributed by atoms with Crippen molar-refractivity contribution in [1.29, 1.82) is 0 Å². The van der Waals surface area contributed by atoms with E-state index in [1.165, 1.54) is 19.3 Å². The second-order valence-electron chi connectivity index (χ2n) is 4.62. The molecular formula is C10H18N2O. The molecule has 1 saturated heterocycles. The summed E-state index contributed by atoms with van der Waals surface area (Å²) >= 11 is 0. The summed E-state index contributed by atoms with van der Waals surface area (Å²) in [5.74, 6) is 0.0552. The van der Waals surface area contributed by atoms with E-state index in [9.17, 15) is 4.79 Å². The second-order valence-corrected chi connectivity index (χ2v) is 4.62. The minimum atomic E-state index is -0.0917. The normalized spacial score (nSPS) is 39.5. The van der Waals surface area contributed by atoms with Gasteiger partial charge < -0.3 is 11.1 Å². The van der Waals surface area contributed by atoms with Crippen molar-refractivity contribution in [1.82, 2.24) is 5.32 Å². The summed E-state index contributed by atoms with van der Waals surface area (Å²) < 4.78 is 0. The van der Waals surface area contributed by atoms with E-state index in [1.54, 1.807) is 0 Å². The Morgan fingerprint density at radius 1 is 1.46 bits per heavy atom. The quantitative estimate of drug-likeness (QED) is 0.625.